The largest absolute Gasteiger partial charge is 0.450 e. The number of nitrogens with one attached hydrogen (secondary N) is 2. The van der Waals surface area contributed by atoms with Crippen LogP contribution in [0.1, 0.15) is 35.8 Å². The van der Waals surface area contributed by atoms with Crippen molar-refractivity contribution in [1.29, 1.82) is 0 Å². The molecule has 0 aliphatic carbocycles. The molecule has 0 aliphatic rings. The molecule has 0 unspecified atom stereocenters. The van der Waals surface area contributed by atoms with Crippen molar-refractivity contribution in [2.24, 2.45) is 0 Å². The van der Waals surface area contributed by atoms with Crippen LogP contribution in [-0.4, -0.2) is 18.6 Å². The molecule has 0 saturated heterocycles. The third-order valence-corrected chi connectivity index (χ3v) is 3.58. The molecule has 0 aromatic heterocycles. The van der Waals surface area contributed by atoms with E-state index in [2.05, 4.69) is 10.6 Å². The lowest BCUT2D eigenvalue weighted by Gasteiger charge is -2.15. The van der Waals surface area contributed by atoms with Gasteiger partial charge in [0.25, 0.3) is 5.91 Å². The molecule has 24 heavy (non-hydrogen) atoms. The van der Waals surface area contributed by atoms with Gasteiger partial charge in [-0.25, -0.2) is 4.79 Å². The zero-order valence-corrected chi connectivity index (χ0v) is 14.3. The number of carbonyl (C=O) groups is 2. The molecular weight excluding hydrogens is 328 g/mol. The lowest BCUT2D eigenvalue weighted by Crippen LogP contribution is -2.26. The van der Waals surface area contributed by atoms with Gasteiger partial charge < -0.3 is 10.1 Å². The van der Waals surface area contributed by atoms with Crippen LogP contribution in [0.3, 0.4) is 0 Å². The van der Waals surface area contributed by atoms with E-state index in [0.717, 1.165) is 5.56 Å². The van der Waals surface area contributed by atoms with Gasteiger partial charge in [-0.3, -0.25) is 10.1 Å². The van der Waals surface area contributed by atoms with Gasteiger partial charge in [0.05, 0.1) is 12.6 Å². The molecule has 1 atom stereocenters. The van der Waals surface area contributed by atoms with E-state index in [4.69, 9.17) is 16.3 Å². The van der Waals surface area contributed by atoms with Crippen LogP contribution in [0.4, 0.5) is 10.5 Å². The Balaban J connectivity index is 2.05. The monoisotopic (exact) mass is 346 g/mol. The van der Waals surface area contributed by atoms with E-state index in [0.29, 0.717) is 16.3 Å². The number of rotatable bonds is 5. The topological polar surface area (TPSA) is 67.4 Å². The SMILES string of the molecule is CCOC(=O)Nc1cccc(C(=O)N[C@H](C)c2cccc(Cl)c2)c1. The van der Waals surface area contributed by atoms with E-state index < -0.39 is 6.09 Å². The first-order chi connectivity index (χ1) is 11.5. The minimum atomic E-state index is -0.553. The summed E-state index contributed by atoms with van der Waals surface area (Å²) in [6.07, 6.45) is -0.553. The average Bonchev–Trinajstić information content (AvgIpc) is 2.55. The van der Waals surface area contributed by atoms with Crippen LogP contribution in [0, 0.1) is 0 Å². The van der Waals surface area contributed by atoms with Gasteiger partial charge in [-0.2, -0.15) is 0 Å². The number of ether oxygens (including phenoxy) is 1. The highest BCUT2D eigenvalue weighted by atomic mass is 35.5. The maximum Gasteiger partial charge on any atom is 0.411 e. The average molecular weight is 347 g/mol. The maximum absolute atomic E-state index is 12.4. The quantitative estimate of drug-likeness (QED) is 0.843. The fourth-order valence-electron chi connectivity index (χ4n) is 2.16. The van der Waals surface area contributed by atoms with Crippen molar-refractivity contribution in [3.05, 3.63) is 64.7 Å². The highest BCUT2D eigenvalue weighted by Gasteiger charge is 2.13. The van der Waals surface area contributed by atoms with Gasteiger partial charge in [-0.1, -0.05) is 29.8 Å². The molecule has 0 aliphatic heterocycles. The van der Waals surface area contributed by atoms with Crippen molar-refractivity contribution in [2.75, 3.05) is 11.9 Å². The Bertz CT molecular complexity index is 734. The van der Waals surface area contributed by atoms with Crippen LogP contribution in [0.25, 0.3) is 0 Å². The molecule has 0 heterocycles. The summed E-state index contributed by atoms with van der Waals surface area (Å²) in [6.45, 7) is 3.88. The van der Waals surface area contributed by atoms with Crippen LogP contribution in [-0.2, 0) is 4.74 Å². The zero-order chi connectivity index (χ0) is 17.5. The summed E-state index contributed by atoms with van der Waals surface area (Å²) >= 11 is 5.97. The first-order valence-electron chi connectivity index (χ1n) is 7.59. The second kappa shape index (κ2) is 8.36. The fraction of sp³-hybridized carbons (Fsp3) is 0.222. The van der Waals surface area contributed by atoms with E-state index >= 15 is 0 Å². The van der Waals surface area contributed by atoms with Crippen molar-refractivity contribution in [3.8, 4) is 0 Å². The Morgan fingerprint density at radius 2 is 1.92 bits per heavy atom. The number of carbonyl (C=O) groups excluding carboxylic acids is 2. The Morgan fingerprint density at radius 3 is 2.62 bits per heavy atom. The summed E-state index contributed by atoms with van der Waals surface area (Å²) in [5.41, 5.74) is 1.85. The highest BCUT2D eigenvalue weighted by Crippen LogP contribution is 2.18. The number of amides is 2. The summed E-state index contributed by atoms with van der Waals surface area (Å²) in [6, 6.07) is 13.8. The predicted molar refractivity (Wildman–Crippen MR) is 94.4 cm³/mol. The lowest BCUT2D eigenvalue weighted by molar-refractivity contribution is 0.0939. The van der Waals surface area contributed by atoms with E-state index in [1.807, 2.05) is 25.1 Å². The molecule has 2 aromatic carbocycles. The van der Waals surface area contributed by atoms with Crippen molar-refractivity contribution < 1.29 is 14.3 Å². The number of hydrogen-bond donors (Lipinski definition) is 2. The van der Waals surface area contributed by atoms with Crippen molar-refractivity contribution in [2.45, 2.75) is 19.9 Å². The molecule has 0 fully saturated rings. The Hall–Kier alpha value is -2.53. The standard InChI is InChI=1S/C18H19ClN2O3/c1-3-24-18(23)21-16-9-5-7-14(11-16)17(22)20-12(2)13-6-4-8-15(19)10-13/h4-12H,3H2,1-2H3,(H,20,22)(H,21,23)/t12-/m1/s1. The summed E-state index contributed by atoms with van der Waals surface area (Å²) in [4.78, 5) is 23.8. The number of halogens is 1. The van der Waals surface area contributed by atoms with Gasteiger partial charge in [0.15, 0.2) is 0 Å². The molecule has 2 rings (SSSR count). The van der Waals surface area contributed by atoms with Crippen molar-refractivity contribution in [3.63, 3.8) is 0 Å². The van der Waals surface area contributed by atoms with Gasteiger partial charge in [0.1, 0.15) is 0 Å². The van der Waals surface area contributed by atoms with Crippen LogP contribution < -0.4 is 10.6 Å². The molecule has 0 bridgehead atoms. The smallest absolute Gasteiger partial charge is 0.411 e. The highest BCUT2D eigenvalue weighted by molar-refractivity contribution is 6.30. The van der Waals surface area contributed by atoms with Crippen LogP contribution in [0.2, 0.25) is 5.02 Å². The van der Waals surface area contributed by atoms with Crippen molar-refractivity contribution >= 4 is 29.3 Å². The molecule has 5 nitrogen and oxygen atoms in total. The molecule has 0 saturated carbocycles. The molecular formula is C18H19ClN2O3. The van der Waals surface area contributed by atoms with E-state index in [9.17, 15) is 9.59 Å². The van der Waals surface area contributed by atoms with E-state index in [1.54, 1.807) is 37.3 Å². The normalized spacial score (nSPS) is 11.5. The molecule has 2 aromatic rings. The maximum atomic E-state index is 12.4. The number of anilines is 1. The number of hydrogen-bond acceptors (Lipinski definition) is 3. The van der Waals surface area contributed by atoms with Gasteiger partial charge in [-0.15, -0.1) is 0 Å². The molecule has 0 radical (unpaired) electrons. The zero-order valence-electron chi connectivity index (χ0n) is 13.5. The van der Waals surface area contributed by atoms with E-state index in [-0.39, 0.29) is 18.6 Å². The summed E-state index contributed by atoms with van der Waals surface area (Å²) in [5, 5.41) is 6.10. The lowest BCUT2D eigenvalue weighted by atomic mass is 10.1. The molecule has 2 amide bonds. The third-order valence-electron chi connectivity index (χ3n) is 3.34. The fourth-order valence-corrected chi connectivity index (χ4v) is 2.36. The summed E-state index contributed by atoms with van der Waals surface area (Å²) < 4.78 is 4.82. The third kappa shape index (κ3) is 4.99. The van der Waals surface area contributed by atoms with Crippen LogP contribution >= 0.6 is 11.6 Å². The Labute approximate surface area is 146 Å². The van der Waals surface area contributed by atoms with Crippen LogP contribution in [0.5, 0.6) is 0 Å². The second-order valence-corrected chi connectivity index (χ2v) is 5.61. The Kier molecular flexibility index (Phi) is 6.21. The minimum Gasteiger partial charge on any atom is -0.450 e. The molecule has 126 valence electrons. The number of benzene rings is 2. The van der Waals surface area contributed by atoms with Gasteiger partial charge in [0.2, 0.25) is 0 Å². The Morgan fingerprint density at radius 1 is 1.17 bits per heavy atom. The first kappa shape index (κ1) is 17.8. The van der Waals surface area contributed by atoms with Gasteiger partial charge in [0, 0.05) is 16.3 Å². The molecule has 6 heteroatoms. The van der Waals surface area contributed by atoms with Crippen LogP contribution in [0.15, 0.2) is 48.5 Å². The first-order valence-corrected chi connectivity index (χ1v) is 7.97. The van der Waals surface area contributed by atoms with Crippen molar-refractivity contribution in [1.82, 2.24) is 5.32 Å². The van der Waals surface area contributed by atoms with Gasteiger partial charge in [-0.05, 0) is 49.7 Å². The molecule has 0 spiro atoms. The second-order valence-electron chi connectivity index (χ2n) is 5.18. The summed E-state index contributed by atoms with van der Waals surface area (Å²) in [7, 11) is 0. The minimum absolute atomic E-state index is 0.196. The molecule has 2 N–H and O–H groups in total. The summed E-state index contributed by atoms with van der Waals surface area (Å²) in [5.74, 6) is -0.241. The van der Waals surface area contributed by atoms with E-state index in [1.165, 1.54) is 0 Å². The van der Waals surface area contributed by atoms with Gasteiger partial charge >= 0.3 is 6.09 Å². The predicted octanol–water partition coefficient (Wildman–Crippen LogP) is 4.40.